The van der Waals surface area contributed by atoms with Crippen LogP contribution in [0.4, 0.5) is 5.69 Å². The summed E-state index contributed by atoms with van der Waals surface area (Å²) in [5.41, 5.74) is 1.74. The van der Waals surface area contributed by atoms with Crippen LogP contribution in [0.3, 0.4) is 0 Å². The first-order valence-electron chi connectivity index (χ1n) is 7.88. The number of rotatable bonds is 6. The number of para-hydroxylation sites is 1. The number of sulfonamides is 1. The van der Waals surface area contributed by atoms with Gasteiger partial charge in [-0.3, -0.25) is 9.89 Å². The normalized spacial score (nSPS) is 11.5. The van der Waals surface area contributed by atoms with Gasteiger partial charge in [-0.2, -0.15) is 9.40 Å². The number of hydrogen-bond acceptors (Lipinski definition) is 4. The largest absolute Gasteiger partial charge is 0.322 e. The van der Waals surface area contributed by atoms with Crippen LogP contribution in [0.5, 0.6) is 0 Å². The third-order valence-electron chi connectivity index (χ3n) is 3.81. The molecule has 3 aromatic rings. The highest BCUT2D eigenvalue weighted by atomic mass is 32.2. The molecule has 1 heterocycles. The van der Waals surface area contributed by atoms with Gasteiger partial charge in [-0.05, 0) is 42.5 Å². The molecule has 0 fully saturated rings. The molecule has 0 unspecified atom stereocenters. The summed E-state index contributed by atoms with van der Waals surface area (Å²) in [6.45, 7) is 0.179. The molecule has 0 atom stereocenters. The van der Waals surface area contributed by atoms with Crippen molar-refractivity contribution in [3.63, 3.8) is 0 Å². The van der Waals surface area contributed by atoms with E-state index in [0.29, 0.717) is 16.9 Å². The van der Waals surface area contributed by atoms with Gasteiger partial charge < -0.3 is 5.32 Å². The second kappa shape index (κ2) is 7.51. The van der Waals surface area contributed by atoms with Crippen molar-refractivity contribution in [2.45, 2.75) is 11.4 Å². The lowest BCUT2D eigenvalue weighted by Crippen LogP contribution is -2.26. The van der Waals surface area contributed by atoms with Crippen LogP contribution < -0.4 is 5.32 Å². The Morgan fingerprint density at radius 3 is 2.38 bits per heavy atom. The number of hydrogen-bond donors (Lipinski definition) is 2. The quantitative estimate of drug-likeness (QED) is 0.697. The van der Waals surface area contributed by atoms with E-state index < -0.39 is 10.0 Å². The number of benzene rings is 2. The fourth-order valence-electron chi connectivity index (χ4n) is 2.38. The number of nitrogens with one attached hydrogen (secondary N) is 2. The van der Waals surface area contributed by atoms with Gasteiger partial charge in [0.15, 0.2) is 0 Å². The Bertz CT molecular complexity index is 969. The zero-order valence-corrected chi connectivity index (χ0v) is 14.9. The Kier molecular flexibility index (Phi) is 5.15. The Hall–Kier alpha value is -2.97. The molecule has 8 heteroatoms. The average Bonchev–Trinajstić information content (AvgIpc) is 3.15. The maximum Gasteiger partial charge on any atom is 0.255 e. The van der Waals surface area contributed by atoms with Crippen molar-refractivity contribution in [1.29, 1.82) is 0 Å². The highest BCUT2D eigenvalue weighted by Crippen LogP contribution is 2.17. The summed E-state index contributed by atoms with van der Waals surface area (Å²) in [4.78, 5) is 12.4. The Balaban J connectivity index is 1.72. The SMILES string of the molecule is CN(Cc1ccn[nH]1)S(=O)(=O)c1ccc(C(=O)Nc2ccccc2)cc1. The maximum atomic E-state index is 12.6. The van der Waals surface area contributed by atoms with E-state index in [9.17, 15) is 13.2 Å². The van der Waals surface area contributed by atoms with Gasteiger partial charge in [0.25, 0.3) is 5.91 Å². The van der Waals surface area contributed by atoms with Crippen LogP contribution in [-0.2, 0) is 16.6 Å². The molecule has 0 aliphatic heterocycles. The van der Waals surface area contributed by atoms with Gasteiger partial charge in [0.05, 0.1) is 17.1 Å². The molecule has 1 amide bonds. The van der Waals surface area contributed by atoms with Gasteiger partial charge in [0.2, 0.25) is 10.0 Å². The van der Waals surface area contributed by atoms with E-state index in [0.717, 1.165) is 0 Å². The molecule has 0 saturated heterocycles. The molecule has 134 valence electrons. The molecule has 0 spiro atoms. The minimum absolute atomic E-state index is 0.121. The third kappa shape index (κ3) is 3.98. The molecular formula is C18H18N4O3S. The molecule has 1 aromatic heterocycles. The van der Waals surface area contributed by atoms with Crippen LogP contribution in [0.15, 0.2) is 71.8 Å². The molecule has 0 aliphatic carbocycles. The summed E-state index contributed by atoms with van der Waals surface area (Å²) in [5.74, 6) is -0.300. The average molecular weight is 370 g/mol. The van der Waals surface area contributed by atoms with Crippen LogP contribution >= 0.6 is 0 Å². The second-order valence-electron chi connectivity index (χ2n) is 5.69. The first-order valence-corrected chi connectivity index (χ1v) is 9.32. The van der Waals surface area contributed by atoms with Gasteiger partial charge in [-0.1, -0.05) is 18.2 Å². The summed E-state index contributed by atoms with van der Waals surface area (Å²) in [7, 11) is -2.17. The molecule has 0 radical (unpaired) electrons. The minimum Gasteiger partial charge on any atom is -0.322 e. The molecular weight excluding hydrogens is 352 g/mol. The standard InChI is InChI=1S/C18H18N4O3S/c1-22(13-16-11-12-19-21-16)26(24,25)17-9-7-14(8-10-17)18(23)20-15-5-3-2-4-6-15/h2-12H,13H2,1H3,(H,19,21)(H,20,23). The summed E-state index contributed by atoms with van der Waals surface area (Å²) in [5, 5.41) is 9.29. The number of anilines is 1. The van der Waals surface area contributed by atoms with Crippen molar-refractivity contribution in [3.8, 4) is 0 Å². The first-order chi connectivity index (χ1) is 12.5. The number of amides is 1. The number of H-pyrrole nitrogens is 1. The monoisotopic (exact) mass is 370 g/mol. The summed E-state index contributed by atoms with van der Waals surface area (Å²) < 4.78 is 26.5. The lowest BCUT2D eigenvalue weighted by Gasteiger charge is -2.16. The van der Waals surface area contributed by atoms with Crippen LogP contribution in [0.2, 0.25) is 0 Å². The van der Waals surface area contributed by atoms with Gasteiger partial charge in [0, 0.05) is 24.5 Å². The topological polar surface area (TPSA) is 95.2 Å². The third-order valence-corrected chi connectivity index (χ3v) is 5.63. The highest BCUT2D eigenvalue weighted by Gasteiger charge is 2.21. The number of aromatic nitrogens is 2. The van der Waals surface area contributed by atoms with Crippen LogP contribution in [0.25, 0.3) is 0 Å². The first kappa shape index (κ1) is 17.8. The van der Waals surface area contributed by atoms with E-state index in [1.165, 1.54) is 35.6 Å². The summed E-state index contributed by atoms with van der Waals surface area (Å²) >= 11 is 0. The van der Waals surface area contributed by atoms with Crippen molar-refractivity contribution in [2.24, 2.45) is 0 Å². The molecule has 26 heavy (non-hydrogen) atoms. The van der Waals surface area contributed by atoms with Crippen LogP contribution in [0, 0.1) is 0 Å². The van der Waals surface area contributed by atoms with Crippen molar-refractivity contribution in [3.05, 3.63) is 78.1 Å². The maximum absolute atomic E-state index is 12.6. The Morgan fingerprint density at radius 2 is 1.77 bits per heavy atom. The molecule has 7 nitrogen and oxygen atoms in total. The second-order valence-corrected chi connectivity index (χ2v) is 7.73. The zero-order valence-electron chi connectivity index (χ0n) is 14.1. The van der Waals surface area contributed by atoms with Gasteiger partial charge in [0.1, 0.15) is 0 Å². The number of carbonyl (C=O) groups is 1. The van der Waals surface area contributed by atoms with E-state index in [-0.39, 0.29) is 17.3 Å². The van der Waals surface area contributed by atoms with Crippen molar-refractivity contribution >= 4 is 21.6 Å². The Morgan fingerprint density at radius 1 is 1.08 bits per heavy atom. The molecule has 0 bridgehead atoms. The van der Waals surface area contributed by atoms with Gasteiger partial charge in [-0.15, -0.1) is 0 Å². The smallest absolute Gasteiger partial charge is 0.255 e. The predicted octanol–water partition coefficient (Wildman–Crippen LogP) is 2.48. The molecule has 0 saturated carbocycles. The number of nitrogens with zero attached hydrogens (tertiary/aromatic N) is 2. The fourth-order valence-corrected chi connectivity index (χ4v) is 3.53. The van der Waals surface area contributed by atoms with Gasteiger partial charge >= 0.3 is 0 Å². The van der Waals surface area contributed by atoms with E-state index in [4.69, 9.17) is 0 Å². The van der Waals surface area contributed by atoms with E-state index in [1.54, 1.807) is 24.4 Å². The molecule has 2 N–H and O–H groups in total. The fraction of sp³-hybridized carbons (Fsp3) is 0.111. The number of aromatic amines is 1. The van der Waals surface area contributed by atoms with E-state index in [1.807, 2.05) is 18.2 Å². The predicted molar refractivity (Wildman–Crippen MR) is 98.1 cm³/mol. The van der Waals surface area contributed by atoms with Gasteiger partial charge in [-0.25, -0.2) is 8.42 Å². The van der Waals surface area contributed by atoms with E-state index in [2.05, 4.69) is 15.5 Å². The van der Waals surface area contributed by atoms with Crippen molar-refractivity contribution in [1.82, 2.24) is 14.5 Å². The summed E-state index contributed by atoms with van der Waals surface area (Å²) in [6.07, 6.45) is 1.57. The molecule has 3 rings (SSSR count). The van der Waals surface area contributed by atoms with E-state index >= 15 is 0 Å². The zero-order chi connectivity index (χ0) is 18.6. The van der Waals surface area contributed by atoms with Crippen LogP contribution in [-0.4, -0.2) is 35.9 Å². The highest BCUT2D eigenvalue weighted by molar-refractivity contribution is 7.89. The molecule has 0 aliphatic rings. The van der Waals surface area contributed by atoms with Crippen molar-refractivity contribution < 1.29 is 13.2 Å². The lowest BCUT2D eigenvalue weighted by atomic mass is 10.2. The van der Waals surface area contributed by atoms with Crippen LogP contribution in [0.1, 0.15) is 16.1 Å². The molecule has 2 aromatic carbocycles. The lowest BCUT2D eigenvalue weighted by molar-refractivity contribution is 0.102. The number of carbonyl (C=O) groups excluding carboxylic acids is 1. The minimum atomic E-state index is -3.66. The Labute approximate surface area is 151 Å². The van der Waals surface area contributed by atoms with Crippen molar-refractivity contribution in [2.75, 3.05) is 12.4 Å². The summed E-state index contributed by atoms with van der Waals surface area (Å²) in [6, 6.07) is 16.6.